The van der Waals surface area contributed by atoms with Gasteiger partial charge in [-0.3, -0.25) is 15.8 Å². The molecule has 3 N–H and O–H groups in total. The molecule has 0 aliphatic heterocycles. The third-order valence-electron chi connectivity index (χ3n) is 2.75. The molecule has 0 aromatic carbocycles. The van der Waals surface area contributed by atoms with E-state index in [0.717, 1.165) is 22.4 Å². The minimum Gasteiger partial charge on any atom is -0.271 e. The maximum absolute atomic E-state index is 5.65. The Bertz CT molecular complexity index is 510. The third kappa shape index (κ3) is 2.49. The lowest BCUT2D eigenvalue weighted by molar-refractivity contribution is 0.628. The molecule has 0 aliphatic rings. The summed E-state index contributed by atoms with van der Waals surface area (Å²) in [5, 5.41) is 0. The predicted molar refractivity (Wildman–Crippen MR) is 67.1 cm³/mol. The first kappa shape index (κ1) is 11.7. The zero-order valence-corrected chi connectivity index (χ0v) is 10.0. The maximum atomic E-state index is 5.65. The maximum Gasteiger partial charge on any atom is 0.0742 e. The van der Waals surface area contributed by atoms with Gasteiger partial charge in [-0.1, -0.05) is 12.1 Å². The molecule has 2 rings (SSSR count). The SMILES string of the molecule is Cc1cncc(C(NN)c2cccnc2C)c1. The van der Waals surface area contributed by atoms with Gasteiger partial charge in [0.05, 0.1) is 6.04 Å². The van der Waals surface area contributed by atoms with E-state index in [4.69, 9.17) is 5.84 Å². The van der Waals surface area contributed by atoms with E-state index in [2.05, 4.69) is 21.5 Å². The number of nitrogens with one attached hydrogen (secondary N) is 1. The zero-order chi connectivity index (χ0) is 12.3. The highest BCUT2D eigenvalue weighted by Gasteiger charge is 2.15. The Balaban J connectivity index is 2.44. The van der Waals surface area contributed by atoms with Gasteiger partial charge in [0.15, 0.2) is 0 Å². The normalized spacial score (nSPS) is 12.4. The number of aromatic nitrogens is 2. The van der Waals surface area contributed by atoms with Crippen molar-refractivity contribution in [3.05, 3.63) is 59.2 Å². The second-order valence-electron chi connectivity index (χ2n) is 4.07. The van der Waals surface area contributed by atoms with Crippen molar-refractivity contribution in [1.82, 2.24) is 15.4 Å². The highest BCUT2D eigenvalue weighted by molar-refractivity contribution is 5.33. The van der Waals surface area contributed by atoms with Crippen molar-refractivity contribution in [2.75, 3.05) is 0 Å². The van der Waals surface area contributed by atoms with Gasteiger partial charge in [-0.15, -0.1) is 0 Å². The van der Waals surface area contributed by atoms with Crippen LogP contribution in [0.25, 0.3) is 0 Å². The van der Waals surface area contributed by atoms with Crippen LogP contribution in [0.2, 0.25) is 0 Å². The van der Waals surface area contributed by atoms with E-state index in [0.29, 0.717) is 0 Å². The highest BCUT2D eigenvalue weighted by Crippen LogP contribution is 2.22. The van der Waals surface area contributed by atoms with E-state index in [1.165, 1.54) is 0 Å². The quantitative estimate of drug-likeness (QED) is 0.619. The van der Waals surface area contributed by atoms with Gasteiger partial charge in [0.25, 0.3) is 0 Å². The predicted octanol–water partition coefficient (Wildman–Crippen LogP) is 1.65. The monoisotopic (exact) mass is 228 g/mol. The topological polar surface area (TPSA) is 63.8 Å². The zero-order valence-electron chi connectivity index (χ0n) is 10.0. The van der Waals surface area contributed by atoms with Gasteiger partial charge in [-0.05, 0) is 36.6 Å². The number of nitrogens with zero attached hydrogens (tertiary/aromatic N) is 2. The second kappa shape index (κ2) is 5.03. The van der Waals surface area contributed by atoms with Crippen LogP contribution in [0.4, 0.5) is 0 Å². The molecule has 1 unspecified atom stereocenters. The Kier molecular flexibility index (Phi) is 3.46. The van der Waals surface area contributed by atoms with Gasteiger partial charge >= 0.3 is 0 Å². The Labute approximate surface area is 101 Å². The molecular formula is C13H16N4. The summed E-state index contributed by atoms with van der Waals surface area (Å²) in [7, 11) is 0. The van der Waals surface area contributed by atoms with Crippen molar-refractivity contribution in [1.29, 1.82) is 0 Å². The number of aryl methyl sites for hydroxylation is 2. The van der Waals surface area contributed by atoms with Crippen molar-refractivity contribution < 1.29 is 0 Å². The van der Waals surface area contributed by atoms with Crippen LogP contribution in [0.15, 0.2) is 36.8 Å². The van der Waals surface area contributed by atoms with Crippen LogP contribution in [0, 0.1) is 13.8 Å². The average molecular weight is 228 g/mol. The molecule has 4 heteroatoms. The van der Waals surface area contributed by atoms with Crippen LogP contribution in [-0.4, -0.2) is 9.97 Å². The summed E-state index contributed by atoms with van der Waals surface area (Å²) in [5.74, 6) is 5.65. The molecule has 0 saturated carbocycles. The summed E-state index contributed by atoms with van der Waals surface area (Å²) in [5.41, 5.74) is 7.02. The van der Waals surface area contributed by atoms with Crippen LogP contribution in [0.1, 0.15) is 28.4 Å². The van der Waals surface area contributed by atoms with Crippen LogP contribution in [-0.2, 0) is 0 Å². The van der Waals surface area contributed by atoms with Crippen molar-refractivity contribution in [2.24, 2.45) is 5.84 Å². The van der Waals surface area contributed by atoms with E-state index >= 15 is 0 Å². The number of hydrazine groups is 1. The first-order valence-corrected chi connectivity index (χ1v) is 5.51. The van der Waals surface area contributed by atoms with E-state index in [1.807, 2.05) is 38.4 Å². The molecule has 2 aromatic heterocycles. The molecule has 0 fully saturated rings. The van der Waals surface area contributed by atoms with Crippen molar-refractivity contribution in [3.63, 3.8) is 0 Å². The van der Waals surface area contributed by atoms with E-state index in [9.17, 15) is 0 Å². The smallest absolute Gasteiger partial charge is 0.0742 e. The summed E-state index contributed by atoms with van der Waals surface area (Å²) in [6.07, 6.45) is 5.43. The van der Waals surface area contributed by atoms with Gasteiger partial charge < -0.3 is 0 Å². The van der Waals surface area contributed by atoms with Crippen LogP contribution < -0.4 is 11.3 Å². The molecular weight excluding hydrogens is 212 g/mol. The Hall–Kier alpha value is -1.78. The fraction of sp³-hybridized carbons (Fsp3) is 0.231. The Morgan fingerprint density at radius 2 is 2.12 bits per heavy atom. The molecule has 2 heterocycles. The van der Waals surface area contributed by atoms with E-state index in [-0.39, 0.29) is 6.04 Å². The largest absolute Gasteiger partial charge is 0.271 e. The van der Waals surface area contributed by atoms with Crippen LogP contribution >= 0.6 is 0 Å². The Morgan fingerprint density at radius 1 is 1.29 bits per heavy atom. The number of pyridine rings is 2. The number of rotatable bonds is 3. The molecule has 1 atom stereocenters. The molecule has 0 amide bonds. The fourth-order valence-corrected chi connectivity index (χ4v) is 1.90. The first-order valence-electron chi connectivity index (χ1n) is 5.51. The molecule has 2 aromatic rings. The van der Waals surface area contributed by atoms with Crippen LogP contribution in [0.3, 0.4) is 0 Å². The molecule has 0 aliphatic carbocycles. The highest BCUT2D eigenvalue weighted by atomic mass is 15.2. The fourth-order valence-electron chi connectivity index (χ4n) is 1.90. The van der Waals surface area contributed by atoms with Gasteiger partial charge in [-0.2, -0.15) is 0 Å². The summed E-state index contributed by atoms with van der Waals surface area (Å²) in [6, 6.07) is 5.94. The minimum atomic E-state index is -0.0731. The molecule has 0 radical (unpaired) electrons. The van der Waals surface area contributed by atoms with Crippen molar-refractivity contribution in [2.45, 2.75) is 19.9 Å². The summed E-state index contributed by atoms with van der Waals surface area (Å²) in [4.78, 5) is 8.47. The lowest BCUT2D eigenvalue weighted by Crippen LogP contribution is -2.29. The van der Waals surface area contributed by atoms with E-state index < -0.39 is 0 Å². The van der Waals surface area contributed by atoms with Gasteiger partial charge in [0, 0.05) is 24.3 Å². The molecule has 0 spiro atoms. The number of hydrogen-bond donors (Lipinski definition) is 2. The Morgan fingerprint density at radius 3 is 2.76 bits per heavy atom. The molecule has 0 bridgehead atoms. The summed E-state index contributed by atoms with van der Waals surface area (Å²) in [6.45, 7) is 3.99. The van der Waals surface area contributed by atoms with Gasteiger partial charge in [-0.25, -0.2) is 5.43 Å². The number of hydrogen-bond acceptors (Lipinski definition) is 4. The third-order valence-corrected chi connectivity index (χ3v) is 2.75. The lowest BCUT2D eigenvalue weighted by atomic mass is 9.99. The standard InChI is InChI=1S/C13H16N4/c1-9-6-11(8-15-7-9)13(17-14)12-4-3-5-16-10(12)2/h3-8,13,17H,14H2,1-2H3. The molecule has 17 heavy (non-hydrogen) atoms. The molecule has 0 saturated heterocycles. The summed E-state index contributed by atoms with van der Waals surface area (Å²) < 4.78 is 0. The number of nitrogens with two attached hydrogens (primary N) is 1. The van der Waals surface area contributed by atoms with Crippen LogP contribution in [0.5, 0.6) is 0 Å². The van der Waals surface area contributed by atoms with Crippen molar-refractivity contribution in [3.8, 4) is 0 Å². The van der Waals surface area contributed by atoms with E-state index in [1.54, 1.807) is 6.20 Å². The molecule has 4 nitrogen and oxygen atoms in total. The van der Waals surface area contributed by atoms with Crippen molar-refractivity contribution >= 4 is 0 Å². The average Bonchev–Trinajstić information content (AvgIpc) is 2.33. The van der Waals surface area contributed by atoms with Gasteiger partial charge in [0.2, 0.25) is 0 Å². The van der Waals surface area contributed by atoms with Gasteiger partial charge in [0.1, 0.15) is 0 Å². The lowest BCUT2D eigenvalue weighted by Gasteiger charge is -2.18. The summed E-state index contributed by atoms with van der Waals surface area (Å²) >= 11 is 0. The first-order chi connectivity index (χ1) is 8.22. The molecule has 88 valence electrons. The second-order valence-corrected chi connectivity index (χ2v) is 4.07. The minimum absolute atomic E-state index is 0.0731.